The molecule has 0 radical (unpaired) electrons. The van der Waals surface area contributed by atoms with Gasteiger partial charge in [-0.15, -0.1) is 0 Å². The topological polar surface area (TPSA) is 71.1 Å². The number of nitrogens with one attached hydrogen (secondary N) is 2. The third-order valence-corrected chi connectivity index (χ3v) is 2.91. The highest BCUT2D eigenvalue weighted by atomic mass is 19.4. The molecule has 1 aromatic heterocycles. The Hall–Kier alpha value is -2.97. The SMILES string of the molecule is O=C(Cc1ccc(F)cc1)NNC(=O)c1ccc(C(F)(F)F)nc1. The van der Waals surface area contributed by atoms with E-state index in [9.17, 15) is 27.2 Å². The smallest absolute Gasteiger partial charge is 0.273 e. The number of hydrogen-bond acceptors (Lipinski definition) is 3. The van der Waals surface area contributed by atoms with Crippen LogP contribution in [-0.4, -0.2) is 16.8 Å². The second kappa shape index (κ2) is 7.07. The Morgan fingerprint density at radius 1 is 1.00 bits per heavy atom. The maximum Gasteiger partial charge on any atom is 0.433 e. The molecule has 2 aromatic rings. The summed E-state index contributed by atoms with van der Waals surface area (Å²) in [5, 5.41) is 0. The molecule has 126 valence electrons. The first-order chi connectivity index (χ1) is 11.3. The molecule has 0 bridgehead atoms. The van der Waals surface area contributed by atoms with Crippen molar-refractivity contribution >= 4 is 11.8 Å². The molecule has 0 saturated heterocycles. The Morgan fingerprint density at radius 3 is 2.21 bits per heavy atom. The van der Waals surface area contributed by atoms with Crippen molar-refractivity contribution < 1.29 is 27.2 Å². The molecule has 0 aliphatic heterocycles. The lowest BCUT2D eigenvalue weighted by Crippen LogP contribution is -2.42. The van der Waals surface area contributed by atoms with Crippen LogP contribution in [0.1, 0.15) is 21.6 Å². The molecule has 0 aliphatic rings. The van der Waals surface area contributed by atoms with Crippen LogP contribution in [-0.2, 0) is 17.4 Å². The molecule has 24 heavy (non-hydrogen) atoms. The number of amides is 2. The summed E-state index contributed by atoms with van der Waals surface area (Å²) in [4.78, 5) is 26.5. The zero-order chi connectivity index (χ0) is 17.7. The van der Waals surface area contributed by atoms with Crippen LogP contribution in [0.4, 0.5) is 17.6 Å². The first-order valence-corrected chi connectivity index (χ1v) is 6.62. The molecule has 0 fully saturated rings. The molecule has 0 spiro atoms. The van der Waals surface area contributed by atoms with Gasteiger partial charge in [0.25, 0.3) is 5.91 Å². The molecule has 1 aromatic carbocycles. The molecule has 0 unspecified atom stereocenters. The van der Waals surface area contributed by atoms with E-state index in [1.54, 1.807) is 0 Å². The predicted octanol–water partition coefficient (Wildman–Crippen LogP) is 2.24. The molecule has 2 N–H and O–H groups in total. The first-order valence-electron chi connectivity index (χ1n) is 6.62. The molecule has 2 rings (SSSR count). The van der Waals surface area contributed by atoms with E-state index in [2.05, 4.69) is 15.8 Å². The minimum Gasteiger partial charge on any atom is -0.273 e. The summed E-state index contributed by atoms with van der Waals surface area (Å²) < 4.78 is 49.8. The lowest BCUT2D eigenvalue weighted by atomic mass is 10.1. The van der Waals surface area contributed by atoms with Gasteiger partial charge in [-0.25, -0.2) is 4.39 Å². The number of nitrogens with zero attached hydrogens (tertiary/aromatic N) is 1. The van der Waals surface area contributed by atoms with Gasteiger partial charge in [0.15, 0.2) is 0 Å². The van der Waals surface area contributed by atoms with Crippen LogP contribution in [0.15, 0.2) is 42.6 Å². The first kappa shape index (κ1) is 17.4. The maximum atomic E-state index is 12.7. The van der Waals surface area contributed by atoms with Crippen molar-refractivity contribution in [3.05, 3.63) is 65.2 Å². The van der Waals surface area contributed by atoms with Gasteiger partial charge in [-0.2, -0.15) is 13.2 Å². The quantitative estimate of drug-likeness (QED) is 0.664. The van der Waals surface area contributed by atoms with Gasteiger partial charge in [-0.3, -0.25) is 25.4 Å². The molecule has 0 atom stereocenters. The van der Waals surface area contributed by atoms with E-state index in [0.29, 0.717) is 11.6 Å². The van der Waals surface area contributed by atoms with E-state index in [1.807, 2.05) is 0 Å². The number of carbonyl (C=O) groups is 2. The fourth-order valence-corrected chi connectivity index (χ4v) is 1.73. The Morgan fingerprint density at radius 2 is 1.67 bits per heavy atom. The average Bonchev–Trinajstić information content (AvgIpc) is 2.54. The Kier molecular flexibility index (Phi) is 5.12. The van der Waals surface area contributed by atoms with E-state index in [0.717, 1.165) is 12.3 Å². The Balaban J connectivity index is 1.88. The lowest BCUT2D eigenvalue weighted by molar-refractivity contribution is -0.141. The van der Waals surface area contributed by atoms with Crippen molar-refractivity contribution in [3.8, 4) is 0 Å². The zero-order valence-corrected chi connectivity index (χ0v) is 12.0. The minimum atomic E-state index is -4.60. The fourth-order valence-electron chi connectivity index (χ4n) is 1.73. The average molecular weight is 341 g/mol. The van der Waals surface area contributed by atoms with Gasteiger partial charge in [0.1, 0.15) is 11.5 Å². The molecular formula is C15H11F4N3O2. The molecule has 9 heteroatoms. The summed E-state index contributed by atoms with van der Waals surface area (Å²) in [6.07, 6.45) is -3.95. The van der Waals surface area contributed by atoms with E-state index >= 15 is 0 Å². The van der Waals surface area contributed by atoms with Gasteiger partial charge in [0.2, 0.25) is 5.91 Å². The van der Waals surface area contributed by atoms with Crippen molar-refractivity contribution in [1.82, 2.24) is 15.8 Å². The van der Waals surface area contributed by atoms with Crippen molar-refractivity contribution in [3.63, 3.8) is 0 Å². The summed E-state index contributed by atoms with van der Waals surface area (Å²) >= 11 is 0. The van der Waals surface area contributed by atoms with E-state index in [-0.39, 0.29) is 12.0 Å². The van der Waals surface area contributed by atoms with E-state index in [1.165, 1.54) is 24.3 Å². The largest absolute Gasteiger partial charge is 0.433 e. The van der Waals surface area contributed by atoms with Gasteiger partial charge in [-0.05, 0) is 29.8 Å². The van der Waals surface area contributed by atoms with Crippen molar-refractivity contribution in [1.29, 1.82) is 0 Å². The highest BCUT2D eigenvalue weighted by Crippen LogP contribution is 2.27. The molecule has 5 nitrogen and oxygen atoms in total. The fraction of sp³-hybridized carbons (Fsp3) is 0.133. The molecule has 1 heterocycles. The van der Waals surface area contributed by atoms with Crippen molar-refractivity contribution in [2.24, 2.45) is 0 Å². The molecule has 2 amide bonds. The molecule has 0 aliphatic carbocycles. The van der Waals surface area contributed by atoms with E-state index < -0.39 is 29.5 Å². The third-order valence-electron chi connectivity index (χ3n) is 2.91. The van der Waals surface area contributed by atoms with Crippen LogP contribution < -0.4 is 10.9 Å². The number of hydrazine groups is 1. The number of carbonyl (C=O) groups excluding carboxylic acids is 2. The van der Waals surface area contributed by atoms with Crippen LogP contribution in [0.2, 0.25) is 0 Å². The van der Waals surface area contributed by atoms with Gasteiger partial charge in [-0.1, -0.05) is 12.1 Å². The maximum absolute atomic E-state index is 12.7. The minimum absolute atomic E-state index is 0.105. The number of hydrogen-bond donors (Lipinski definition) is 2. The highest BCUT2D eigenvalue weighted by Gasteiger charge is 2.32. The molecular weight excluding hydrogens is 330 g/mol. The summed E-state index contributed by atoms with van der Waals surface area (Å²) in [5.41, 5.74) is 3.41. The number of pyridine rings is 1. The summed E-state index contributed by atoms with van der Waals surface area (Å²) in [6, 6.07) is 6.81. The Labute approximate surface area is 133 Å². The number of benzene rings is 1. The van der Waals surface area contributed by atoms with Gasteiger partial charge >= 0.3 is 6.18 Å². The number of halogens is 4. The van der Waals surface area contributed by atoms with Crippen LogP contribution in [0.3, 0.4) is 0 Å². The van der Waals surface area contributed by atoms with Gasteiger partial charge < -0.3 is 0 Å². The van der Waals surface area contributed by atoms with Crippen LogP contribution in [0, 0.1) is 5.82 Å². The van der Waals surface area contributed by atoms with Crippen molar-refractivity contribution in [2.45, 2.75) is 12.6 Å². The number of rotatable bonds is 3. The Bertz CT molecular complexity index is 728. The predicted molar refractivity (Wildman–Crippen MR) is 75.0 cm³/mol. The second-order valence-corrected chi connectivity index (χ2v) is 4.74. The second-order valence-electron chi connectivity index (χ2n) is 4.74. The number of alkyl halides is 3. The monoisotopic (exact) mass is 341 g/mol. The van der Waals surface area contributed by atoms with Crippen molar-refractivity contribution in [2.75, 3.05) is 0 Å². The summed E-state index contributed by atoms with van der Waals surface area (Å²) in [5.74, 6) is -1.83. The zero-order valence-electron chi connectivity index (χ0n) is 12.0. The van der Waals surface area contributed by atoms with E-state index in [4.69, 9.17) is 0 Å². The summed E-state index contributed by atoms with van der Waals surface area (Å²) in [6.45, 7) is 0. The summed E-state index contributed by atoms with van der Waals surface area (Å²) in [7, 11) is 0. The molecule has 0 saturated carbocycles. The third kappa shape index (κ3) is 4.77. The van der Waals surface area contributed by atoms with Crippen LogP contribution >= 0.6 is 0 Å². The lowest BCUT2D eigenvalue weighted by Gasteiger charge is -2.09. The standard InChI is InChI=1S/C15H11F4N3O2/c16-11-4-1-9(2-5-11)7-13(23)21-22-14(24)10-3-6-12(20-8-10)15(17,18)19/h1-6,8H,7H2,(H,21,23)(H,22,24). The van der Waals surface area contributed by atoms with Gasteiger partial charge in [0.05, 0.1) is 12.0 Å². The van der Waals surface area contributed by atoms with Crippen LogP contribution in [0.5, 0.6) is 0 Å². The highest BCUT2D eigenvalue weighted by molar-refractivity contribution is 5.95. The van der Waals surface area contributed by atoms with Crippen LogP contribution in [0.25, 0.3) is 0 Å². The number of aromatic nitrogens is 1. The van der Waals surface area contributed by atoms with Gasteiger partial charge in [0, 0.05) is 6.20 Å². The normalized spacial score (nSPS) is 11.0.